The molecule has 0 saturated heterocycles. The zero-order chi connectivity index (χ0) is 12.5. The van der Waals surface area contributed by atoms with Crippen LogP contribution in [0.25, 0.3) is 0 Å². The first kappa shape index (κ1) is 12.0. The maximum Gasteiger partial charge on any atom is 0.168 e. The molecule has 4 heteroatoms. The Morgan fingerprint density at radius 2 is 1.82 bits per heavy atom. The third-order valence-electron chi connectivity index (χ3n) is 2.84. The minimum atomic E-state index is -1.67. The van der Waals surface area contributed by atoms with E-state index in [0.717, 1.165) is 5.56 Å². The Bertz CT molecular complexity index is 463. The quantitative estimate of drug-likeness (QED) is 0.709. The Kier molecular flexibility index (Phi) is 3.13. The van der Waals surface area contributed by atoms with E-state index < -0.39 is 11.0 Å². The van der Waals surface area contributed by atoms with Crippen LogP contribution < -0.4 is 0 Å². The summed E-state index contributed by atoms with van der Waals surface area (Å²) >= 11 is 5.91. The Morgan fingerprint density at radius 1 is 1.18 bits per heavy atom. The van der Waals surface area contributed by atoms with Crippen molar-refractivity contribution in [1.82, 2.24) is 0 Å². The number of benzene rings is 1. The van der Waals surface area contributed by atoms with E-state index >= 15 is 0 Å². The second-order valence-corrected chi connectivity index (χ2v) is 4.68. The molecule has 1 aliphatic rings. The molecule has 0 bridgehead atoms. The summed E-state index contributed by atoms with van der Waals surface area (Å²) < 4.78 is 0. The van der Waals surface area contributed by atoms with E-state index in [2.05, 4.69) is 0 Å². The van der Waals surface area contributed by atoms with Crippen LogP contribution in [-0.2, 0) is 6.42 Å². The predicted octanol–water partition coefficient (Wildman–Crippen LogP) is 2.67. The highest BCUT2D eigenvalue weighted by Gasteiger charge is 2.39. The normalized spacial score (nSPS) is 28.5. The Balaban J connectivity index is 2.28. The second-order valence-electron chi connectivity index (χ2n) is 4.07. The van der Waals surface area contributed by atoms with Gasteiger partial charge in [0.25, 0.3) is 0 Å². The molecule has 90 valence electrons. The van der Waals surface area contributed by atoms with Gasteiger partial charge in [0.05, 0.1) is 5.92 Å². The lowest BCUT2D eigenvalue weighted by Crippen LogP contribution is -2.35. The van der Waals surface area contributed by atoms with Gasteiger partial charge in [0, 0.05) is 0 Å². The van der Waals surface area contributed by atoms with Gasteiger partial charge in [-0.25, -0.2) is 0 Å². The maximum absolute atomic E-state index is 9.96. The SMILES string of the molecule is OC1=C(O)C(Cc2ccccc2)C(O)(Cl)C=C1. The average Bonchev–Trinajstić information content (AvgIpc) is 2.32. The molecule has 0 amide bonds. The molecule has 17 heavy (non-hydrogen) atoms. The smallest absolute Gasteiger partial charge is 0.168 e. The lowest BCUT2D eigenvalue weighted by Gasteiger charge is -2.30. The van der Waals surface area contributed by atoms with Crippen molar-refractivity contribution in [3.8, 4) is 0 Å². The molecular formula is C13H13ClO3. The molecule has 0 radical (unpaired) electrons. The summed E-state index contributed by atoms with van der Waals surface area (Å²) in [5, 5.41) is 27.5. The first-order valence-electron chi connectivity index (χ1n) is 5.27. The summed E-state index contributed by atoms with van der Waals surface area (Å²) in [6, 6.07) is 9.35. The Labute approximate surface area is 104 Å². The van der Waals surface area contributed by atoms with Gasteiger partial charge in [-0.05, 0) is 24.1 Å². The van der Waals surface area contributed by atoms with E-state index in [1.165, 1.54) is 12.2 Å². The molecular weight excluding hydrogens is 240 g/mol. The zero-order valence-corrected chi connectivity index (χ0v) is 9.80. The van der Waals surface area contributed by atoms with E-state index in [-0.39, 0.29) is 11.5 Å². The minimum Gasteiger partial charge on any atom is -0.508 e. The fourth-order valence-electron chi connectivity index (χ4n) is 1.86. The number of halogens is 1. The summed E-state index contributed by atoms with van der Waals surface area (Å²) in [5.74, 6) is -1.29. The van der Waals surface area contributed by atoms with Gasteiger partial charge in [-0.3, -0.25) is 0 Å². The third kappa shape index (κ3) is 2.46. The van der Waals surface area contributed by atoms with Gasteiger partial charge in [0.15, 0.2) is 10.8 Å². The van der Waals surface area contributed by atoms with Crippen molar-refractivity contribution in [1.29, 1.82) is 0 Å². The lowest BCUT2D eigenvalue weighted by molar-refractivity contribution is 0.0916. The number of aliphatic hydroxyl groups excluding tert-OH is 2. The number of rotatable bonds is 2. The topological polar surface area (TPSA) is 60.7 Å². The van der Waals surface area contributed by atoms with E-state index in [4.69, 9.17) is 11.6 Å². The number of alkyl halides is 1. The van der Waals surface area contributed by atoms with Gasteiger partial charge in [0.1, 0.15) is 5.76 Å². The summed E-state index contributed by atoms with van der Waals surface area (Å²) in [7, 11) is 0. The van der Waals surface area contributed by atoms with Crippen LogP contribution in [0.1, 0.15) is 5.56 Å². The van der Waals surface area contributed by atoms with Gasteiger partial charge < -0.3 is 15.3 Å². The summed E-state index contributed by atoms with van der Waals surface area (Å²) in [5.41, 5.74) is 0.922. The highest BCUT2D eigenvalue weighted by molar-refractivity contribution is 6.24. The standard InChI is InChI=1S/C13H13ClO3/c14-13(17)7-6-11(15)12(16)10(13)8-9-4-2-1-3-5-9/h1-7,10,15-17H,8H2. The van der Waals surface area contributed by atoms with Crippen molar-refractivity contribution in [3.63, 3.8) is 0 Å². The molecule has 0 spiro atoms. The van der Waals surface area contributed by atoms with Gasteiger partial charge in [-0.2, -0.15) is 0 Å². The summed E-state index contributed by atoms with van der Waals surface area (Å²) in [6.07, 6.45) is 2.82. The molecule has 1 aliphatic carbocycles. The first-order valence-corrected chi connectivity index (χ1v) is 5.65. The van der Waals surface area contributed by atoms with Crippen molar-refractivity contribution >= 4 is 11.6 Å². The molecule has 3 N–H and O–H groups in total. The number of hydrogen-bond donors (Lipinski definition) is 3. The van der Waals surface area contributed by atoms with E-state index in [9.17, 15) is 15.3 Å². The molecule has 0 saturated carbocycles. The summed E-state index contributed by atoms with van der Waals surface area (Å²) in [6.45, 7) is 0. The van der Waals surface area contributed by atoms with Gasteiger partial charge >= 0.3 is 0 Å². The minimum absolute atomic E-state index is 0.253. The van der Waals surface area contributed by atoms with Crippen LogP contribution in [0.5, 0.6) is 0 Å². The lowest BCUT2D eigenvalue weighted by atomic mass is 9.88. The van der Waals surface area contributed by atoms with Crippen molar-refractivity contribution in [3.05, 3.63) is 59.6 Å². The molecule has 1 aromatic rings. The van der Waals surface area contributed by atoms with E-state index in [0.29, 0.717) is 6.42 Å². The second kappa shape index (κ2) is 4.43. The Morgan fingerprint density at radius 3 is 2.47 bits per heavy atom. The van der Waals surface area contributed by atoms with Crippen molar-refractivity contribution < 1.29 is 15.3 Å². The van der Waals surface area contributed by atoms with Crippen LogP contribution >= 0.6 is 11.6 Å². The van der Waals surface area contributed by atoms with Crippen LogP contribution in [0, 0.1) is 5.92 Å². The van der Waals surface area contributed by atoms with Crippen molar-refractivity contribution in [2.75, 3.05) is 0 Å². The molecule has 0 aromatic heterocycles. The van der Waals surface area contributed by atoms with Gasteiger partial charge in [-0.1, -0.05) is 41.9 Å². The monoisotopic (exact) mass is 252 g/mol. The number of hydrogen-bond acceptors (Lipinski definition) is 3. The third-order valence-corrected chi connectivity index (χ3v) is 3.23. The Hall–Kier alpha value is -1.45. The van der Waals surface area contributed by atoms with E-state index in [1.54, 1.807) is 0 Å². The fraction of sp³-hybridized carbons (Fsp3) is 0.231. The highest BCUT2D eigenvalue weighted by atomic mass is 35.5. The molecule has 2 atom stereocenters. The van der Waals surface area contributed by atoms with Crippen LogP contribution in [0.15, 0.2) is 54.0 Å². The molecule has 1 aromatic carbocycles. The van der Waals surface area contributed by atoms with Crippen LogP contribution in [0.2, 0.25) is 0 Å². The van der Waals surface area contributed by atoms with Crippen LogP contribution in [0.3, 0.4) is 0 Å². The molecule has 3 nitrogen and oxygen atoms in total. The van der Waals surface area contributed by atoms with Crippen molar-refractivity contribution in [2.24, 2.45) is 5.92 Å². The zero-order valence-electron chi connectivity index (χ0n) is 9.05. The fourth-order valence-corrected chi connectivity index (χ4v) is 2.10. The number of allylic oxidation sites excluding steroid dienone is 1. The van der Waals surface area contributed by atoms with Crippen LogP contribution in [-0.4, -0.2) is 20.4 Å². The molecule has 2 rings (SSSR count). The van der Waals surface area contributed by atoms with Crippen molar-refractivity contribution in [2.45, 2.75) is 11.5 Å². The molecule has 0 fully saturated rings. The molecule has 2 unspecified atom stereocenters. The van der Waals surface area contributed by atoms with Gasteiger partial charge in [0.2, 0.25) is 0 Å². The highest BCUT2D eigenvalue weighted by Crippen LogP contribution is 2.36. The van der Waals surface area contributed by atoms with E-state index in [1.807, 2.05) is 30.3 Å². The molecule has 0 aliphatic heterocycles. The summed E-state index contributed by atoms with van der Waals surface area (Å²) in [4.78, 5) is 0. The van der Waals surface area contributed by atoms with Gasteiger partial charge in [-0.15, -0.1) is 0 Å². The first-order chi connectivity index (χ1) is 8.00. The largest absolute Gasteiger partial charge is 0.508 e. The molecule has 0 heterocycles. The average molecular weight is 253 g/mol. The van der Waals surface area contributed by atoms with Crippen LogP contribution in [0.4, 0.5) is 0 Å². The number of aliphatic hydroxyl groups is 3. The predicted molar refractivity (Wildman–Crippen MR) is 65.9 cm³/mol. The maximum atomic E-state index is 9.96.